The molecule has 2 N–H and O–H groups in total. The van der Waals surface area contributed by atoms with Crippen molar-refractivity contribution in [2.45, 2.75) is 52.5 Å². The van der Waals surface area contributed by atoms with Crippen LogP contribution in [-0.4, -0.2) is 42.9 Å². The van der Waals surface area contributed by atoms with Crippen LogP contribution in [0.4, 0.5) is 5.69 Å². The molecule has 0 bridgehead atoms. The average molecular weight is 394 g/mol. The van der Waals surface area contributed by atoms with Crippen LogP contribution in [0.2, 0.25) is 5.02 Å². The van der Waals surface area contributed by atoms with Gasteiger partial charge in [0.1, 0.15) is 0 Å². The number of carbonyl (C=O) groups excluding carboxylic acids is 2. The van der Waals surface area contributed by atoms with Crippen LogP contribution in [0, 0.1) is 11.3 Å². The van der Waals surface area contributed by atoms with Gasteiger partial charge in [-0.3, -0.25) is 9.59 Å². The molecule has 1 aromatic carbocycles. The van der Waals surface area contributed by atoms with Gasteiger partial charge in [0.05, 0.1) is 23.8 Å². The summed E-state index contributed by atoms with van der Waals surface area (Å²) in [6, 6.07) is 7.41. The fraction of sp³-hybridized carbons (Fsp3) is 0.619. The minimum absolute atomic E-state index is 0.000890. The number of halogens is 1. The number of carbonyl (C=O) groups is 2. The van der Waals surface area contributed by atoms with E-state index in [1.807, 2.05) is 0 Å². The summed E-state index contributed by atoms with van der Waals surface area (Å²) >= 11 is 6.05. The van der Waals surface area contributed by atoms with Gasteiger partial charge in [-0.25, -0.2) is 0 Å². The molecule has 0 aromatic heterocycles. The van der Waals surface area contributed by atoms with E-state index in [9.17, 15) is 9.59 Å². The van der Waals surface area contributed by atoms with Crippen molar-refractivity contribution in [3.8, 4) is 0 Å². The minimum Gasteiger partial charge on any atom is -0.335 e. The first kappa shape index (κ1) is 21.7. The lowest BCUT2D eigenvalue weighted by molar-refractivity contribution is -0.132. The monoisotopic (exact) mass is 393 g/mol. The fourth-order valence-electron chi connectivity index (χ4n) is 3.82. The second-order valence-corrected chi connectivity index (χ2v) is 8.93. The fourth-order valence-corrected chi connectivity index (χ4v) is 4.00. The van der Waals surface area contributed by atoms with Crippen molar-refractivity contribution < 1.29 is 9.59 Å². The Labute approximate surface area is 167 Å². The summed E-state index contributed by atoms with van der Waals surface area (Å²) in [7, 11) is 1.65. The SMILES string of the molecule is CN(CC(=O)Nc1ccccc1Cl)C(=O)CNC1CCCCC1C(C)(C)C. The van der Waals surface area contributed by atoms with Crippen molar-refractivity contribution in [1.29, 1.82) is 0 Å². The van der Waals surface area contributed by atoms with Crippen molar-refractivity contribution in [2.24, 2.45) is 11.3 Å². The molecule has 0 aliphatic heterocycles. The third kappa shape index (κ3) is 6.51. The summed E-state index contributed by atoms with van der Waals surface area (Å²) in [5, 5.41) is 6.67. The highest BCUT2D eigenvalue weighted by molar-refractivity contribution is 6.33. The molecule has 2 amide bonds. The average Bonchev–Trinajstić information content (AvgIpc) is 2.61. The van der Waals surface area contributed by atoms with Gasteiger partial charge in [0, 0.05) is 13.1 Å². The Balaban J connectivity index is 1.82. The van der Waals surface area contributed by atoms with Crippen LogP contribution in [0.5, 0.6) is 0 Å². The van der Waals surface area contributed by atoms with Gasteiger partial charge in [0.2, 0.25) is 11.8 Å². The number of nitrogens with one attached hydrogen (secondary N) is 2. The third-order valence-electron chi connectivity index (χ3n) is 5.35. The number of rotatable bonds is 6. The zero-order valence-electron chi connectivity index (χ0n) is 16.8. The van der Waals surface area contributed by atoms with Gasteiger partial charge in [0.15, 0.2) is 0 Å². The minimum atomic E-state index is -0.260. The van der Waals surface area contributed by atoms with Crippen molar-refractivity contribution >= 4 is 29.1 Å². The van der Waals surface area contributed by atoms with Gasteiger partial charge in [-0.2, -0.15) is 0 Å². The lowest BCUT2D eigenvalue weighted by Crippen LogP contribution is -2.48. The third-order valence-corrected chi connectivity index (χ3v) is 5.68. The molecule has 150 valence electrons. The molecule has 0 radical (unpaired) electrons. The van der Waals surface area contributed by atoms with E-state index in [1.165, 1.54) is 24.2 Å². The summed E-state index contributed by atoms with van der Waals surface area (Å²) in [4.78, 5) is 26.1. The molecule has 0 saturated heterocycles. The second-order valence-electron chi connectivity index (χ2n) is 8.52. The second kappa shape index (κ2) is 9.56. The van der Waals surface area contributed by atoms with Gasteiger partial charge in [-0.15, -0.1) is 0 Å². The molecule has 1 aromatic rings. The normalized spacial score (nSPS) is 20.2. The van der Waals surface area contributed by atoms with Gasteiger partial charge in [0.25, 0.3) is 0 Å². The molecule has 1 aliphatic rings. The number of anilines is 1. The maximum atomic E-state index is 12.5. The van der Waals surface area contributed by atoms with Crippen molar-refractivity contribution in [3.05, 3.63) is 29.3 Å². The van der Waals surface area contributed by atoms with Gasteiger partial charge < -0.3 is 15.5 Å². The molecule has 2 atom stereocenters. The molecule has 27 heavy (non-hydrogen) atoms. The Morgan fingerprint density at radius 1 is 1.19 bits per heavy atom. The highest BCUT2D eigenvalue weighted by Crippen LogP contribution is 2.37. The lowest BCUT2D eigenvalue weighted by atomic mass is 9.69. The zero-order valence-corrected chi connectivity index (χ0v) is 17.6. The summed E-state index contributed by atoms with van der Waals surface area (Å²) in [6.07, 6.45) is 4.77. The lowest BCUT2D eigenvalue weighted by Gasteiger charge is -2.41. The molecular weight excluding hydrogens is 362 g/mol. The largest absolute Gasteiger partial charge is 0.335 e. The molecule has 1 saturated carbocycles. The first-order valence-electron chi connectivity index (χ1n) is 9.70. The van der Waals surface area contributed by atoms with E-state index in [0.29, 0.717) is 22.7 Å². The predicted octanol–water partition coefficient (Wildman–Crippen LogP) is 3.93. The van der Waals surface area contributed by atoms with Crippen LogP contribution in [0.3, 0.4) is 0 Å². The summed E-state index contributed by atoms with van der Waals surface area (Å²) in [5.74, 6) is 0.222. The number of nitrogens with zero attached hydrogens (tertiary/aromatic N) is 1. The van der Waals surface area contributed by atoms with Crippen molar-refractivity contribution in [2.75, 3.05) is 25.5 Å². The molecule has 1 fully saturated rings. The Kier molecular flexibility index (Phi) is 7.68. The topological polar surface area (TPSA) is 61.4 Å². The predicted molar refractivity (Wildman–Crippen MR) is 111 cm³/mol. The van der Waals surface area contributed by atoms with E-state index in [0.717, 1.165) is 6.42 Å². The van der Waals surface area contributed by atoms with Crippen LogP contribution in [0.1, 0.15) is 46.5 Å². The number of benzene rings is 1. The van der Waals surface area contributed by atoms with Crippen molar-refractivity contribution in [1.82, 2.24) is 10.2 Å². The van der Waals surface area contributed by atoms with Crippen LogP contribution in [-0.2, 0) is 9.59 Å². The highest BCUT2D eigenvalue weighted by Gasteiger charge is 2.34. The van der Waals surface area contributed by atoms with Gasteiger partial charge in [-0.05, 0) is 36.3 Å². The van der Waals surface area contributed by atoms with E-state index < -0.39 is 0 Å². The number of likely N-dealkylation sites (N-methyl/N-ethyl adjacent to an activating group) is 1. The molecule has 0 heterocycles. The highest BCUT2D eigenvalue weighted by atomic mass is 35.5. The first-order valence-corrected chi connectivity index (χ1v) is 10.1. The van der Waals surface area contributed by atoms with E-state index >= 15 is 0 Å². The van der Waals surface area contributed by atoms with Gasteiger partial charge >= 0.3 is 0 Å². The van der Waals surface area contributed by atoms with Gasteiger partial charge in [-0.1, -0.05) is 57.3 Å². The molecule has 2 unspecified atom stereocenters. The summed E-state index contributed by atoms with van der Waals surface area (Å²) in [6.45, 7) is 7.06. The number of hydrogen-bond acceptors (Lipinski definition) is 3. The number of hydrogen-bond donors (Lipinski definition) is 2. The van der Waals surface area contributed by atoms with E-state index in [1.54, 1.807) is 31.3 Å². The number of amides is 2. The molecular formula is C21H32ClN3O2. The quantitative estimate of drug-likeness (QED) is 0.769. The Bertz CT molecular complexity index is 657. The standard InChI is InChI=1S/C21H32ClN3O2/c1-21(2,3)15-9-5-7-11-17(15)23-13-20(27)25(4)14-19(26)24-18-12-8-6-10-16(18)22/h6,8,10,12,15,17,23H,5,7,9,11,13-14H2,1-4H3,(H,24,26). The Hall–Kier alpha value is -1.59. The zero-order chi connectivity index (χ0) is 20.0. The molecule has 6 heteroatoms. The number of para-hydroxylation sites is 1. The maximum absolute atomic E-state index is 12.5. The first-order chi connectivity index (χ1) is 12.7. The molecule has 0 spiro atoms. The maximum Gasteiger partial charge on any atom is 0.244 e. The Morgan fingerprint density at radius 2 is 1.85 bits per heavy atom. The van der Waals surface area contributed by atoms with Crippen molar-refractivity contribution in [3.63, 3.8) is 0 Å². The van der Waals surface area contributed by atoms with E-state index in [2.05, 4.69) is 31.4 Å². The van der Waals surface area contributed by atoms with Crippen LogP contribution >= 0.6 is 11.6 Å². The molecule has 5 nitrogen and oxygen atoms in total. The summed E-state index contributed by atoms with van der Waals surface area (Å²) in [5.41, 5.74) is 0.778. The smallest absolute Gasteiger partial charge is 0.244 e. The molecule has 1 aliphatic carbocycles. The van der Waals surface area contributed by atoms with Crippen LogP contribution < -0.4 is 10.6 Å². The van der Waals surface area contributed by atoms with E-state index in [-0.39, 0.29) is 30.3 Å². The molecule has 2 rings (SSSR count). The van der Waals surface area contributed by atoms with E-state index in [4.69, 9.17) is 11.6 Å². The Morgan fingerprint density at radius 3 is 2.52 bits per heavy atom. The van der Waals surface area contributed by atoms with Crippen LogP contribution in [0.15, 0.2) is 24.3 Å². The van der Waals surface area contributed by atoms with Crippen LogP contribution in [0.25, 0.3) is 0 Å². The summed E-state index contributed by atoms with van der Waals surface area (Å²) < 4.78 is 0.